The van der Waals surface area contributed by atoms with Crippen LogP contribution in [-0.4, -0.2) is 79.0 Å². The summed E-state index contributed by atoms with van der Waals surface area (Å²) in [5, 5.41) is 0. The van der Waals surface area contributed by atoms with E-state index in [9.17, 15) is 9.59 Å². The third-order valence-corrected chi connectivity index (χ3v) is 8.77. The highest BCUT2D eigenvalue weighted by Crippen LogP contribution is 2.32. The van der Waals surface area contributed by atoms with Crippen LogP contribution in [0.4, 0.5) is 0 Å². The van der Waals surface area contributed by atoms with Crippen molar-refractivity contribution in [2.45, 2.75) is 25.7 Å². The molecule has 0 amide bonds. The van der Waals surface area contributed by atoms with E-state index >= 15 is 0 Å². The van der Waals surface area contributed by atoms with Gasteiger partial charge in [0, 0.05) is 14.2 Å². The first-order chi connectivity index (χ1) is 25.5. The highest BCUT2D eigenvalue weighted by molar-refractivity contribution is 5.78. The zero-order chi connectivity index (χ0) is 36.4. The molecule has 0 atom stereocenters. The number of carbonyl (C=O) groups excluding carboxylic acids is 2. The van der Waals surface area contributed by atoms with Gasteiger partial charge >= 0.3 is 11.9 Å². The smallest absolute Gasteiger partial charge is 0.314 e. The number of hydrogen-bond donors (Lipinski definition) is 0. The lowest BCUT2D eigenvalue weighted by atomic mass is 9.82. The van der Waals surface area contributed by atoms with Gasteiger partial charge in [-0.25, -0.2) is 0 Å². The molecule has 0 heterocycles. The van der Waals surface area contributed by atoms with Crippen molar-refractivity contribution < 1.29 is 47.5 Å². The van der Waals surface area contributed by atoms with Crippen molar-refractivity contribution in [3.05, 3.63) is 97.1 Å². The lowest BCUT2D eigenvalue weighted by Gasteiger charge is -2.25. The monoisotopic (exact) mass is 712 g/mol. The Morgan fingerprint density at radius 3 is 1.02 bits per heavy atom. The van der Waals surface area contributed by atoms with Gasteiger partial charge < -0.3 is 37.9 Å². The van der Waals surface area contributed by atoms with Crippen LogP contribution in [0.2, 0.25) is 0 Å². The molecule has 1 saturated carbocycles. The molecule has 5 rings (SSSR count). The number of esters is 2. The van der Waals surface area contributed by atoms with Crippen LogP contribution >= 0.6 is 0 Å². The standard InChI is InChI=1S/C42H48O10/c1-45-23-25-47-27-29-49-37-15-7-31(8-16-37)33-11-19-39(20-12-33)51-41(43)35-3-5-36(6-4-35)42(44)52-40-21-13-34(14-22-40)32-9-17-38(18-10-32)50-30-28-48-26-24-46-2/h7-22,35-36H,3-6,23-30H2,1-2H3. The minimum absolute atomic E-state index is 0.257. The molecule has 52 heavy (non-hydrogen) atoms. The Morgan fingerprint density at radius 2 is 0.712 bits per heavy atom. The number of carbonyl (C=O) groups is 2. The van der Waals surface area contributed by atoms with Gasteiger partial charge in [0.15, 0.2) is 0 Å². The topological polar surface area (TPSA) is 108 Å². The van der Waals surface area contributed by atoms with Gasteiger partial charge in [0.05, 0.1) is 51.5 Å². The van der Waals surface area contributed by atoms with E-state index in [1.54, 1.807) is 38.5 Å². The lowest BCUT2D eigenvalue weighted by molar-refractivity contribution is -0.145. The molecule has 4 aromatic carbocycles. The van der Waals surface area contributed by atoms with Crippen LogP contribution < -0.4 is 18.9 Å². The summed E-state index contributed by atoms with van der Waals surface area (Å²) >= 11 is 0. The van der Waals surface area contributed by atoms with E-state index in [2.05, 4.69) is 0 Å². The molecule has 1 aliphatic carbocycles. The van der Waals surface area contributed by atoms with E-state index in [0.29, 0.717) is 90.0 Å². The molecular weight excluding hydrogens is 664 g/mol. The normalized spacial score (nSPS) is 15.5. The van der Waals surface area contributed by atoms with Crippen LogP contribution in [0, 0.1) is 11.8 Å². The van der Waals surface area contributed by atoms with Crippen molar-refractivity contribution in [3.63, 3.8) is 0 Å². The molecule has 1 aliphatic rings. The molecule has 4 aromatic rings. The van der Waals surface area contributed by atoms with Gasteiger partial charge in [-0.05, 0) is 96.5 Å². The number of ether oxygens (including phenoxy) is 8. The molecule has 276 valence electrons. The first-order valence-electron chi connectivity index (χ1n) is 17.8. The Bertz CT molecular complexity index is 1500. The fraction of sp³-hybridized carbons (Fsp3) is 0.381. The largest absolute Gasteiger partial charge is 0.491 e. The molecule has 0 radical (unpaired) electrons. The first-order valence-corrected chi connectivity index (χ1v) is 17.8. The number of hydrogen-bond acceptors (Lipinski definition) is 10. The van der Waals surface area contributed by atoms with Gasteiger partial charge in [-0.2, -0.15) is 0 Å². The summed E-state index contributed by atoms with van der Waals surface area (Å²) in [5.41, 5.74) is 4.05. The van der Waals surface area contributed by atoms with Crippen LogP contribution in [0.3, 0.4) is 0 Å². The van der Waals surface area contributed by atoms with Crippen molar-refractivity contribution in [1.29, 1.82) is 0 Å². The quantitative estimate of drug-likeness (QED) is 0.0522. The summed E-state index contributed by atoms with van der Waals surface area (Å²) in [6.45, 7) is 4.14. The molecule has 10 nitrogen and oxygen atoms in total. The number of benzene rings is 4. The third kappa shape index (κ3) is 12.2. The van der Waals surface area contributed by atoms with Crippen molar-refractivity contribution in [1.82, 2.24) is 0 Å². The Morgan fingerprint density at radius 1 is 0.423 bits per heavy atom. The number of rotatable bonds is 20. The van der Waals surface area contributed by atoms with E-state index < -0.39 is 0 Å². The number of methoxy groups -OCH3 is 2. The Labute approximate surface area is 305 Å². The minimum atomic E-state index is -0.269. The SMILES string of the molecule is COCCOCCOc1ccc(-c2ccc(OC(=O)C3CCC(C(=O)Oc4ccc(-c5ccc(OCCOCCOC)cc5)cc4)CC3)cc2)cc1. The van der Waals surface area contributed by atoms with Gasteiger partial charge in [0.25, 0.3) is 0 Å². The molecule has 0 saturated heterocycles. The van der Waals surface area contributed by atoms with E-state index in [0.717, 1.165) is 33.8 Å². The van der Waals surface area contributed by atoms with Crippen LogP contribution in [0.1, 0.15) is 25.7 Å². The van der Waals surface area contributed by atoms with Gasteiger partial charge in [-0.15, -0.1) is 0 Å². The molecule has 1 fully saturated rings. The summed E-state index contributed by atoms with van der Waals surface area (Å²) in [7, 11) is 3.28. The average molecular weight is 713 g/mol. The maximum absolute atomic E-state index is 13.0. The predicted octanol–water partition coefficient (Wildman–Crippen LogP) is 7.42. The van der Waals surface area contributed by atoms with E-state index in [1.165, 1.54) is 0 Å². The Hall–Kier alpha value is -4.74. The molecule has 0 bridgehead atoms. The van der Waals surface area contributed by atoms with Crippen molar-refractivity contribution in [2.75, 3.05) is 67.1 Å². The molecule has 0 aliphatic heterocycles. The second kappa shape index (κ2) is 20.9. The highest BCUT2D eigenvalue weighted by Gasteiger charge is 2.32. The fourth-order valence-corrected chi connectivity index (χ4v) is 5.81. The fourth-order valence-electron chi connectivity index (χ4n) is 5.81. The van der Waals surface area contributed by atoms with E-state index in [-0.39, 0.29) is 23.8 Å². The zero-order valence-electron chi connectivity index (χ0n) is 30.0. The second-order valence-corrected chi connectivity index (χ2v) is 12.4. The van der Waals surface area contributed by atoms with Gasteiger partial charge in [-0.1, -0.05) is 48.5 Å². The van der Waals surface area contributed by atoms with Gasteiger partial charge in [0.1, 0.15) is 36.2 Å². The highest BCUT2D eigenvalue weighted by atomic mass is 16.6. The summed E-state index contributed by atoms with van der Waals surface area (Å²) in [6.07, 6.45) is 2.29. The maximum atomic E-state index is 13.0. The first kappa shape index (κ1) is 38.5. The molecule has 0 spiro atoms. The molecular formula is C42H48O10. The molecule has 0 aromatic heterocycles. The predicted molar refractivity (Wildman–Crippen MR) is 197 cm³/mol. The Balaban J connectivity index is 1.00. The third-order valence-electron chi connectivity index (χ3n) is 8.77. The average Bonchev–Trinajstić information content (AvgIpc) is 3.19. The van der Waals surface area contributed by atoms with E-state index in [4.69, 9.17) is 37.9 Å². The summed E-state index contributed by atoms with van der Waals surface area (Å²) in [4.78, 5) is 25.9. The summed E-state index contributed by atoms with van der Waals surface area (Å²) < 4.78 is 43.6. The molecule has 0 N–H and O–H groups in total. The van der Waals surface area contributed by atoms with Crippen molar-refractivity contribution >= 4 is 11.9 Å². The van der Waals surface area contributed by atoms with Crippen LogP contribution in [0.15, 0.2) is 97.1 Å². The molecule has 10 heteroatoms. The van der Waals surface area contributed by atoms with Crippen LogP contribution in [0.5, 0.6) is 23.0 Å². The summed E-state index contributed by atoms with van der Waals surface area (Å²) in [5.74, 6) is 1.47. The lowest BCUT2D eigenvalue weighted by Crippen LogP contribution is -2.30. The Kier molecular flexibility index (Phi) is 15.5. The minimum Gasteiger partial charge on any atom is -0.491 e. The van der Waals surface area contributed by atoms with Crippen molar-refractivity contribution in [3.8, 4) is 45.3 Å². The van der Waals surface area contributed by atoms with Crippen molar-refractivity contribution in [2.24, 2.45) is 11.8 Å². The molecule has 0 unspecified atom stereocenters. The van der Waals surface area contributed by atoms with Gasteiger partial charge in [0.2, 0.25) is 0 Å². The second-order valence-electron chi connectivity index (χ2n) is 12.4. The van der Waals surface area contributed by atoms with Gasteiger partial charge in [-0.3, -0.25) is 9.59 Å². The van der Waals surface area contributed by atoms with Crippen LogP contribution in [-0.2, 0) is 28.5 Å². The van der Waals surface area contributed by atoms with E-state index in [1.807, 2.05) is 72.8 Å². The van der Waals surface area contributed by atoms with Crippen LogP contribution in [0.25, 0.3) is 22.3 Å². The summed E-state index contributed by atoms with van der Waals surface area (Å²) in [6, 6.07) is 30.6. The zero-order valence-corrected chi connectivity index (χ0v) is 30.0. The maximum Gasteiger partial charge on any atom is 0.314 e.